The third-order valence-corrected chi connectivity index (χ3v) is 5.44. The third kappa shape index (κ3) is 3.57. The van der Waals surface area contributed by atoms with Crippen molar-refractivity contribution in [1.82, 2.24) is 0 Å². The Balaban J connectivity index is 1.63. The van der Waals surface area contributed by atoms with Crippen LogP contribution in [0.2, 0.25) is 0 Å². The maximum atomic E-state index is 12.2. The molecule has 3 rings (SSSR count). The van der Waals surface area contributed by atoms with Crippen LogP contribution >= 0.6 is 11.3 Å². The Morgan fingerprint density at radius 3 is 2.88 bits per heavy atom. The van der Waals surface area contributed by atoms with Crippen LogP contribution in [0.3, 0.4) is 0 Å². The van der Waals surface area contributed by atoms with Gasteiger partial charge < -0.3 is 10.1 Å². The number of esters is 1. The molecule has 128 valence electrons. The number of carbonyl (C=O) groups is 2. The quantitative estimate of drug-likeness (QED) is 0.852. The number of anilines is 1. The number of rotatable bonds is 4. The Hall–Kier alpha value is -2.65. The average molecular weight is 354 g/mol. The molecule has 1 heterocycles. The lowest BCUT2D eigenvalue weighted by Crippen LogP contribution is -2.21. The molecule has 0 unspecified atom stereocenters. The maximum absolute atomic E-state index is 12.2. The lowest BCUT2D eigenvalue weighted by molar-refractivity contribution is -0.119. The van der Waals surface area contributed by atoms with Gasteiger partial charge in [-0.3, -0.25) is 4.79 Å². The number of amides is 1. The van der Waals surface area contributed by atoms with Gasteiger partial charge in [0.25, 0.3) is 5.91 Å². The molecular weight excluding hydrogens is 336 g/mol. The molecule has 0 atom stereocenters. The number of nitriles is 1. The second-order valence-corrected chi connectivity index (χ2v) is 7.22. The van der Waals surface area contributed by atoms with E-state index in [-0.39, 0.29) is 6.61 Å². The molecule has 0 fully saturated rings. The van der Waals surface area contributed by atoms with Crippen LogP contribution in [0.4, 0.5) is 5.00 Å². The molecule has 0 saturated carbocycles. The first kappa shape index (κ1) is 17.2. The van der Waals surface area contributed by atoms with E-state index in [0.717, 1.165) is 36.0 Å². The highest BCUT2D eigenvalue weighted by atomic mass is 32.1. The summed E-state index contributed by atoms with van der Waals surface area (Å²) in [4.78, 5) is 25.4. The van der Waals surface area contributed by atoms with Crippen LogP contribution in [0.25, 0.3) is 0 Å². The van der Waals surface area contributed by atoms with Gasteiger partial charge in [-0.2, -0.15) is 5.26 Å². The summed E-state index contributed by atoms with van der Waals surface area (Å²) in [5, 5.41) is 12.6. The maximum Gasteiger partial charge on any atom is 0.338 e. The van der Waals surface area contributed by atoms with Crippen molar-refractivity contribution >= 4 is 28.2 Å². The summed E-state index contributed by atoms with van der Waals surface area (Å²) in [6.07, 6.45) is 2.88. The summed E-state index contributed by atoms with van der Waals surface area (Å²) in [7, 11) is 0. The number of hydrogen-bond acceptors (Lipinski definition) is 5. The van der Waals surface area contributed by atoms with Crippen LogP contribution in [-0.2, 0) is 22.4 Å². The smallest absolute Gasteiger partial charge is 0.338 e. The lowest BCUT2D eigenvalue weighted by Gasteiger charge is -2.08. The molecule has 1 aliphatic rings. The lowest BCUT2D eigenvalue weighted by atomic mass is 10.1. The fraction of sp³-hybridized carbons (Fsp3) is 0.316. The van der Waals surface area contributed by atoms with Gasteiger partial charge in [0, 0.05) is 4.88 Å². The third-order valence-electron chi connectivity index (χ3n) is 4.23. The van der Waals surface area contributed by atoms with Crippen LogP contribution in [0.1, 0.15) is 43.9 Å². The van der Waals surface area contributed by atoms with Crippen molar-refractivity contribution in [2.24, 2.45) is 0 Å². The van der Waals surface area contributed by atoms with Gasteiger partial charge in [0.1, 0.15) is 11.1 Å². The number of nitrogens with one attached hydrogen (secondary N) is 1. The first-order valence-electron chi connectivity index (χ1n) is 8.08. The van der Waals surface area contributed by atoms with Gasteiger partial charge in [0.2, 0.25) is 0 Å². The van der Waals surface area contributed by atoms with Crippen LogP contribution in [0, 0.1) is 25.2 Å². The minimum Gasteiger partial charge on any atom is -0.452 e. The van der Waals surface area contributed by atoms with Crippen LogP contribution in [-0.4, -0.2) is 18.5 Å². The number of nitrogens with zero attached hydrogens (tertiary/aromatic N) is 1. The number of hydrogen-bond donors (Lipinski definition) is 1. The molecule has 0 aliphatic heterocycles. The molecule has 25 heavy (non-hydrogen) atoms. The summed E-state index contributed by atoms with van der Waals surface area (Å²) in [5.74, 6) is -0.958. The van der Waals surface area contributed by atoms with E-state index in [1.807, 2.05) is 26.0 Å². The van der Waals surface area contributed by atoms with E-state index >= 15 is 0 Å². The molecule has 2 aromatic rings. The molecule has 1 aromatic heterocycles. The van der Waals surface area contributed by atoms with Gasteiger partial charge in [-0.1, -0.05) is 17.7 Å². The Kier molecular flexibility index (Phi) is 4.86. The largest absolute Gasteiger partial charge is 0.452 e. The summed E-state index contributed by atoms with van der Waals surface area (Å²) in [5.41, 5.74) is 3.81. The molecule has 5 nitrogen and oxygen atoms in total. The monoisotopic (exact) mass is 354 g/mol. The Bertz CT molecular complexity index is 893. The summed E-state index contributed by atoms with van der Waals surface area (Å²) >= 11 is 1.44. The molecular formula is C19H18N2O3S. The van der Waals surface area contributed by atoms with Gasteiger partial charge >= 0.3 is 5.97 Å². The summed E-state index contributed by atoms with van der Waals surface area (Å²) in [6, 6.07) is 7.68. The van der Waals surface area contributed by atoms with Crippen molar-refractivity contribution < 1.29 is 14.3 Å². The number of ether oxygens (including phenoxy) is 1. The van der Waals surface area contributed by atoms with Gasteiger partial charge in [-0.15, -0.1) is 11.3 Å². The van der Waals surface area contributed by atoms with Gasteiger partial charge in [-0.05, 0) is 50.3 Å². The number of fused-ring (bicyclic) bond motifs is 1. The van der Waals surface area contributed by atoms with E-state index in [1.165, 1.54) is 16.2 Å². The number of benzene rings is 1. The zero-order valence-electron chi connectivity index (χ0n) is 14.1. The second-order valence-electron chi connectivity index (χ2n) is 6.12. The fourth-order valence-electron chi connectivity index (χ4n) is 2.94. The zero-order valence-corrected chi connectivity index (χ0v) is 15.0. The van der Waals surface area contributed by atoms with E-state index in [0.29, 0.717) is 16.1 Å². The molecule has 0 spiro atoms. The summed E-state index contributed by atoms with van der Waals surface area (Å²) in [6.45, 7) is 3.34. The minimum atomic E-state index is -0.523. The molecule has 1 aliphatic carbocycles. The van der Waals surface area contributed by atoms with E-state index in [4.69, 9.17) is 4.74 Å². The number of aryl methyl sites for hydroxylation is 3. The van der Waals surface area contributed by atoms with E-state index in [9.17, 15) is 14.9 Å². The molecule has 6 heteroatoms. The molecule has 0 radical (unpaired) electrons. The van der Waals surface area contributed by atoms with Crippen LogP contribution < -0.4 is 5.32 Å². The second kappa shape index (κ2) is 7.08. The number of thiophene rings is 1. The van der Waals surface area contributed by atoms with Crippen molar-refractivity contribution in [1.29, 1.82) is 5.26 Å². The predicted octanol–water partition coefficient (Wildman–Crippen LogP) is 3.52. The van der Waals surface area contributed by atoms with Gasteiger partial charge in [-0.25, -0.2) is 4.79 Å². The summed E-state index contributed by atoms with van der Waals surface area (Å²) < 4.78 is 5.12. The first-order valence-corrected chi connectivity index (χ1v) is 8.90. The minimum absolute atomic E-state index is 0.375. The van der Waals surface area contributed by atoms with Crippen molar-refractivity contribution in [2.75, 3.05) is 11.9 Å². The highest BCUT2D eigenvalue weighted by molar-refractivity contribution is 7.16. The Labute approximate surface area is 150 Å². The van der Waals surface area contributed by atoms with Crippen molar-refractivity contribution in [3.63, 3.8) is 0 Å². The Morgan fingerprint density at radius 1 is 1.32 bits per heavy atom. The number of carbonyl (C=O) groups excluding carboxylic acids is 2. The highest BCUT2D eigenvalue weighted by Gasteiger charge is 2.23. The van der Waals surface area contributed by atoms with E-state index in [1.54, 1.807) is 6.07 Å². The topological polar surface area (TPSA) is 79.2 Å². The van der Waals surface area contributed by atoms with Crippen LogP contribution in [0.15, 0.2) is 18.2 Å². The van der Waals surface area contributed by atoms with Gasteiger partial charge in [0.15, 0.2) is 6.61 Å². The standard InChI is InChI=1S/C19H18N2O3S/c1-11-6-7-12(2)14(8-11)19(23)24-10-17(22)21-18-15(9-20)13-4-3-5-16(13)25-18/h6-8H,3-5,10H2,1-2H3,(H,21,22). The molecule has 1 amide bonds. The van der Waals surface area contributed by atoms with Crippen molar-refractivity contribution in [2.45, 2.75) is 33.1 Å². The van der Waals surface area contributed by atoms with Crippen LogP contribution in [0.5, 0.6) is 0 Å². The zero-order chi connectivity index (χ0) is 18.0. The predicted molar refractivity (Wildman–Crippen MR) is 95.9 cm³/mol. The van der Waals surface area contributed by atoms with E-state index in [2.05, 4.69) is 11.4 Å². The molecule has 0 bridgehead atoms. The SMILES string of the molecule is Cc1ccc(C)c(C(=O)OCC(=O)Nc2sc3c(c2C#N)CCC3)c1. The van der Waals surface area contributed by atoms with Crippen molar-refractivity contribution in [3.8, 4) is 6.07 Å². The average Bonchev–Trinajstić information content (AvgIpc) is 3.15. The molecule has 1 aromatic carbocycles. The van der Waals surface area contributed by atoms with E-state index < -0.39 is 11.9 Å². The van der Waals surface area contributed by atoms with Gasteiger partial charge in [0.05, 0.1) is 11.1 Å². The van der Waals surface area contributed by atoms with Crippen molar-refractivity contribution in [3.05, 3.63) is 50.9 Å². The first-order chi connectivity index (χ1) is 12.0. The molecule has 1 N–H and O–H groups in total. The molecule has 0 saturated heterocycles. The normalized spacial score (nSPS) is 12.4. The Morgan fingerprint density at radius 2 is 2.12 bits per heavy atom. The highest BCUT2D eigenvalue weighted by Crippen LogP contribution is 2.38. The fourth-order valence-corrected chi connectivity index (χ4v) is 4.19.